The van der Waals surface area contributed by atoms with Crippen molar-refractivity contribution < 1.29 is 14.7 Å². The summed E-state index contributed by atoms with van der Waals surface area (Å²) in [6.45, 7) is 2.73. The van der Waals surface area contributed by atoms with Gasteiger partial charge in [-0.1, -0.05) is 0 Å². The minimum Gasteiger partial charge on any atom is -0.481 e. The number of carboxylic acid groups (broad SMARTS) is 1. The molecule has 6 nitrogen and oxygen atoms in total. The summed E-state index contributed by atoms with van der Waals surface area (Å²) in [6.07, 6.45) is 2.16. The Balaban J connectivity index is 2.32. The van der Waals surface area contributed by atoms with Gasteiger partial charge in [-0.05, 0) is 25.0 Å². The summed E-state index contributed by atoms with van der Waals surface area (Å²) < 4.78 is 0. The first-order chi connectivity index (χ1) is 8.50. The topological polar surface area (TPSA) is 96.5 Å². The van der Waals surface area contributed by atoms with E-state index in [2.05, 4.69) is 4.98 Å². The number of carbonyl (C=O) groups excluding carboxylic acids is 1. The predicted molar refractivity (Wildman–Crippen MR) is 65.4 cm³/mol. The fraction of sp³-hybridized carbons (Fsp3) is 0.417. The fourth-order valence-electron chi connectivity index (χ4n) is 2.24. The molecule has 2 heterocycles. The first kappa shape index (κ1) is 12.3. The second-order valence-corrected chi connectivity index (χ2v) is 4.46. The van der Waals surface area contributed by atoms with Gasteiger partial charge in [0.05, 0.1) is 11.5 Å². The van der Waals surface area contributed by atoms with E-state index in [9.17, 15) is 9.59 Å². The summed E-state index contributed by atoms with van der Waals surface area (Å²) in [5.41, 5.74) is 6.49. The molecule has 1 unspecified atom stereocenters. The van der Waals surface area contributed by atoms with Gasteiger partial charge in [0.25, 0.3) is 5.91 Å². The monoisotopic (exact) mass is 249 g/mol. The van der Waals surface area contributed by atoms with Crippen molar-refractivity contribution in [1.29, 1.82) is 0 Å². The zero-order valence-corrected chi connectivity index (χ0v) is 10.1. The molecule has 0 radical (unpaired) electrons. The van der Waals surface area contributed by atoms with Gasteiger partial charge in [-0.25, -0.2) is 4.98 Å². The number of nitrogens with two attached hydrogens (primary N) is 1. The predicted octanol–water partition coefficient (Wildman–Crippen LogP) is 0.400. The van der Waals surface area contributed by atoms with Crippen LogP contribution in [0.1, 0.15) is 22.3 Å². The molecule has 1 aliphatic rings. The minimum atomic E-state index is -0.814. The lowest BCUT2D eigenvalue weighted by atomic mass is 10.1. The molecule has 0 aliphatic carbocycles. The number of primary amides is 1. The van der Waals surface area contributed by atoms with E-state index in [0.29, 0.717) is 30.9 Å². The highest BCUT2D eigenvalue weighted by molar-refractivity contribution is 5.99. The molecule has 3 N–H and O–H groups in total. The van der Waals surface area contributed by atoms with Crippen LogP contribution < -0.4 is 10.6 Å². The van der Waals surface area contributed by atoms with Gasteiger partial charge in [0.2, 0.25) is 0 Å². The molecule has 2 rings (SSSR count). The van der Waals surface area contributed by atoms with Gasteiger partial charge in [0.1, 0.15) is 5.82 Å². The van der Waals surface area contributed by atoms with E-state index in [1.54, 1.807) is 19.2 Å². The van der Waals surface area contributed by atoms with E-state index < -0.39 is 17.8 Å². The number of aliphatic carboxylic acids is 1. The maximum atomic E-state index is 11.5. The zero-order chi connectivity index (χ0) is 13.3. The van der Waals surface area contributed by atoms with Crippen LogP contribution in [0, 0.1) is 12.8 Å². The highest BCUT2D eigenvalue weighted by Crippen LogP contribution is 2.26. The summed E-state index contributed by atoms with van der Waals surface area (Å²) in [5.74, 6) is -1.26. The summed E-state index contributed by atoms with van der Waals surface area (Å²) >= 11 is 0. The SMILES string of the molecule is Cc1ccnc(N2CCC(C(=O)O)C2)c1C(N)=O. The van der Waals surface area contributed by atoms with E-state index in [0.717, 1.165) is 5.56 Å². The van der Waals surface area contributed by atoms with Crippen molar-refractivity contribution in [3.8, 4) is 0 Å². The number of anilines is 1. The Bertz CT molecular complexity index is 501. The Labute approximate surface area is 104 Å². The Kier molecular flexibility index (Phi) is 3.18. The highest BCUT2D eigenvalue weighted by Gasteiger charge is 2.30. The first-order valence-corrected chi connectivity index (χ1v) is 5.74. The third kappa shape index (κ3) is 2.13. The second kappa shape index (κ2) is 4.64. The molecule has 6 heteroatoms. The minimum absolute atomic E-state index is 0.367. The number of carboxylic acids is 1. The van der Waals surface area contributed by atoms with Crippen molar-refractivity contribution in [2.45, 2.75) is 13.3 Å². The van der Waals surface area contributed by atoms with Gasteiger partial charge in [-0.15, -0.1) is 0 Å². The molecular formula is C12H15N3O3. The molecule has 96 valence electrons. The molecule has 1 aliphatic heterocycles. The van der Waals surface area contributed by atoms with Crippen LogP contribution in [0.5, 0.6) is 0 Å². The van der Waals surface area contributed by atoms with Crippen molar-refractivity contribution >= 4 is 17.7 Å². The largest absolute Gasteiger partial charge is 0.481 e. The van der Waals surface area contributed by atoms with E-state index in [4.69, 9.17) is 10.8 Å². The average molecular weight is 249 g/mol. The number of aryl methyl sites for hydroxylation is 1. The highest BCUT2D eigenvalue weighted by atomic mass is 16.4. The molecule has 0 bridgehead atoms. The Morgan fingerprint density at radius 2 is 2.28 bits per heavy atom. The van der Waals surface area contributed by atoms with Crippen molar-refractivity contribution in [2.75, 3.05) is 18.0 Å². The quantitative estimate of drug-likeness (QED) is 0.808. The molecule has 0 aromatic carbocycles. The van der Waals surface area contributed by atoms with Crippen LogP contribution in [0.15, 0.2) is 12.3 Å². The van der Waals surface area contributed by atoms with Gasteiger partial charge in [-0.3, -0.25) is 9.59 Å². The Morgan fingerprint density at radius 1 is 1.56 bits per heavy atom. The molecule has 1 aromatic rings. The molecule has 1 saturated heterocycles. The lowest BCUT2D eigenvalue weighted by Gasteiger charge is -2.20. The average Bonchev–Trinajstić information content (AvgIpc) is 2.77. The molecule has 0 spiro atoms. The van der Waals surface area contributed by atoms with Crippen LogP contribution >= 0.6 is 0 Å². The summed E-state index contributed by atoms with van der Waals surface area (Å²) in [6, 6.07) is 1.72. The molecular weight excluding hydrogens is 234 g/mol. The number of hydrogen-bond acceptors (Lipinski definition) is 4. The summed E-state index contributed by atoms with van der Waals surface area (Å²) in [7, 11) is 0. The maximum absolute atomic E-state index is 11.5. The maximum Gasteiger partial charge on any atom is 0.308 e. The number of hydrogen-bond donors (Lipinski definition) is 2. The summed E-state index contributed by atoms with van der Waals surface area (Å²) in [5, 5.41) is 8.97. The Morgan fingerprint density at radius 3 is 2.83 bits per heavy atom. The lowest BCUT2D eigenvalue weighted by molar-refractivity contribution is -0.140. The van der Waals surface area contributed by atoms with Gasteiger partial charge >= 0.3 is 5.97 Å². The number of rotatable bonds is 3. The molecule has 18 heavy (non-hydrogen) atoms. The number of aromatic nitrogens is 1. The van der Waals surface area contributed by atoms with Gasteiger partial charge < -0.3 is 15.7 Å². The normalized spacial score (nSPS) is 18.9. The number of carbonyl (C=O) groups is 2. The second-order valence-electron chi connectivity index (χ2n) is 4.46. The van der Waals surface area contributed by atoms with Crippen molar-refractivity contribution in [3.63, 3.8) is 0 Å². The van der Waals surface area contributed by atoms with Gasteiger partial charge in [0, 0.05) is 19.3 Å². The fourth-order valence-corrected chi connectivity index (χ4v) is 2.24. The van der Waals surface area contributed by atoms with E-state index in [1.807, 2.05) is 4.90 Å². The lowest BCUT2D eigenvalue weighted by Crippen LogP contribution is -2.27. The van der Waals surface area contributed by atoms with E-state index in [1.165, 1.54) is 0 Å². The molecule has 1 fully saturated rings. The standard InChI is InChI=1S/C12H15N3O3/c1-7-2-4-14-11(9(7)10(13)16)15-5-3-8(6-15)12(17)18/h2,4,8H,3,5-6H2,1H3,(H2,13,16)(H,17,18). The number of pyridine rings is 1. The Hall–Kier alpha value is -2.11. The summed E-state index contributed by atoms with van der Waals surface area (Å²) in [4.78, 5) is 28.4. The van der Waals surface area contributed by atoms with E-state index >= 15 is 0 Å². The van der Waals surface area contributed by atoms with Crippen molar-refractivity contribution in [3.05, 3.63) is 23.4 Å². The third-order valence-corrected chi connectivity index (χ3v) is 3.22. The van der Waals surface area contributed by atoms with Crippen LogP contribution in [0.3, 0.4) is 0 Å². The smallest absolute Gasteiger partial charge is 0.308 e. The zero-order valence-electron chi connectivity index (χ0n) is 10.1. The molecule has 1 atom stereocenters. The molecule has 0 saturated carbocycles. The van der Waals surface area contributed by atoms with E-state index in [-0.39, 0.29) is 0 Å². The number of amides is 1. The van der Waals surface area contributed by atoms with Crippen LogP contribution in [-0.4, -0.2) is 35.1 Å². The molecule has 1 amide bonds. The van der Waals surface area contributed by atoms with Crippen LogP contribution in [-0.2, 0) is 4.79 Å². The van der Waals surface area contributed by atoms with Crippen LogP contribution in [0.25, 0.3) is 0 Å². The van der Waals surface area contributed by atoms with Crippen LogP contribution in [0.4, 0.5) is 5.82 Å². The molecule has 1 aromatic heterocycles. The van der Waals surface area contributed by atoms with Crippen molar-refractivity contribution in [1.82, 2.24) is 4.98 Å². The van der Waals surface area contributed by atoms with Crippen LogP contribution in [0.2, 0.25) is 0 Å². The van der Waals surface area contributed by atoms with Gasteiger partial charge in [-0.2, -0.15) is 0 Å². The number of nitrogens with zero attached hydrogens (tertiary/aromatic N) is 2. The van der Waals surface area contributed by atoms with Crippen molar-refractivity contribution in [2.24, 2.45) is 11.7 Å². The van der Waals surface area contributed by atoms with Gasteiger partial charge in [0.15, 0.2) is 0 Å². The first-order valence-electron chi connectivity index (χ1n) is 5.74. The third-order valence-electron chi connectivity index (χ3n) is 3.22.